The van der Waals surface area contributed by atoms with Crippen LogP contribution in [0.5, 0.6) is 0 Å². The number of amides is 1. The highest BCUT2D eigenvalue weighted by molar-refractivity contribution is 7.96. The molecule has 0 aliphatic rings. The molecule has 0 aromatic carbocycles. The number of hydrogen-bond donors (Lipinski definition) is 3. The van der Waals surface area contributed by atoms with Crippen LogP contribution < -0.4 is 10.6 Å². The lowest BCUT2D eigenvalue weighted by molar-refractivity contribution is 0.261. The summed E-state index contributed by atoms with van der Waals surface area (Å²) in [4.78, 5) is 10.1. The van der Waals surface area contributed by atoms with Gasteiger partial charge in [-0.05, 0) is 20.0 Å². The number of carbonyl (C=O) groups excluding carboxylic acids is 1. The summed E-state index contributed by atoms with van der Waals surface area (Å²) in [6, 6.07) is 0. The molecule has 0 aliphatic heterocycles. The molecule has 4 heteroatoms. The lowest BCUT2D eigenvalue weighted by Gasteiger charge is -1.98. The Bertz CT molecular complexity index is 87.0. The third-order valence-corrected chi connectivity index (χ3v) is 1.04. The van der Waals surface area contributed by atoms with Gasteiger partial charge < -0.3 is 10.6 Å². The van der Waals surface area contributed by atoms with Crippen LogP contribution in [0.15, 0.2) is 0 Å². The van der Waals surface area contributed by atoms with E-state index in [2.05, 4.69) is 23.3 Å². The standard InChI is InChI=1S/C5H12N2OS/c1-6-3-2-4-7-5(8)9/h6H,2-4H2,1H3,(H2,7,8,9). The highest BCUT2D eigenvalue weighted by Gasteiger charge is 1.88. The first-order valence-corrected chi connectivity index (χ1v) is 3.33. The van der Waals surface area contributed by atoms with E-state index >= 15 is 0 Å². The van der Waals surface area contributed by atoms with Gasteiger partial charge in [0.25, 0.3) is 5.24 Å². The fraction of sp³-hybridized carbons (Fsp3) is 0.800. The van der Waals surface area contributed by atoms with Crippen LogP contribution in [0, 0.1) is 0 Å². The predicted molar refractivity (Wildman–Crippen MR) is 40.9 cm³/mol. The molecule has 54 valence electrons. The van der Waals surface area contributed by atoms with Crippen LogP contribution in [0.1, 0.15) is 6.42 Å². The average molecular weight is 148 g/mol. The lowest BCUT2D eigenvalue weighted by atomic mass is 10.4. The SMILES string of the molecule is CNCCCNC(=O)S. The summed E-state index contributed by atoms with van der Waals surface area (Å²) in [5.41, 5.74) is 0. The molecule has 0 bridgehead atoms. The minimum Gasteiger partial charge on any atom is -0.347 e. The average Bonchev–Trinajstić information content (AvgIpc) is 1.80. The van der Waals surface area contributed by atoms with E-state index in [1.54, 1.807) is 0 Å². The van der Waals surface area contributed by atoms with E-state index < -0.39 is 0 Å². The Morgan fingerprint density at radius 3 is 2.67 bits per heavy atom. The molecule has 0 spiro atoms. The van der Waals surface area contributed by atoms with Gasteiger partial charge in [0, 0.05) is 6.54 Å². The number of rotatable bonds is 4. The molecular formula is C5H12N2OS. The van der Waals surface area contributed by atoms with Crippen molar-refractivity contribution in [1.82, 2.24) is 10.6 Å². The highest BCUT2D eigenvalue weighted by atomic mass is 32.1. The van der Waals surface area contributed by atoms with Crippen molar-refractivity contribution in [3.05, 3.63) is 0 Å². The third kappa shape index (κ3) is 7.78. The molecule has 0 fully saturated rings. The Morgan fingerprint density at radius 1 is 1.56 bits per heavy atom. The van der Waals surface area contributed by atoms with Crippen molar-refractivity contribution >= 4 is 17.9 Å². The first-order chi connectivity index (χ1) is 4.27. The fourth-order valence-electron chi connectivity index (χ4n) is 0.460. The zero-order chi connectivity index (χ0) is 7.11. The lowest BCUT2D eigenvalue weighted by Crippen LogP contribution is -2.21. The van der Waals surface area contributed by atoms with E-state index in [1.807, 2.05) is 7.05 Å². The Hall–Kier alpha value is -0.220. The van der Waals surface area contributed by atoms with Crippen LogP contribution in [0.4, 0.5) is 4.79 Å². The number of hydrogen-bond acceptors (Lipinski definition) is 2. The summed E-state index contributed by atoms with van der Waals surface area (Å²) >= 11 is 3.53. The van der Waals surface area contributed by atoms with Crippen molar-refractivity contribution in [1.29, 1.82) is 0 Å². The Morgan fingerprint density at radius 2 is 2.22 bits per heavy atom. The molecule has 0 aromatic rings. The van der Waals surface area contributed by atoms with Gasteiger partial charge in [-0.25, -0.2) is 0 Å². The second kappa shape index (κ2) is 5.91. The molecule has 0 radical (unpaired) electrons. The molecule has 0 rings (SSSR count). The summed E-state index contributed by atoms with van der Waals surface area (Å²) in [7, 11) is 1.88. The van der Waals surface area contributed by atoms with E-state index in [0.717, 1.165) is 13.0 Å². The van der Waals surface area contributed by atoms with Crippen LogP contribution in [0.25, 0.3) is 0 Å². The van der Waals surface area contributed by atoms with Crippen LogP contribution in [-0.4, -0.2) is 25.4 Å². The summed E-state index contributed by atoms with van der Waals surface area (Å²) in [5.74, 6) is 0. The Kier molecular flexibility index (Phi) is 5.76. The molecule has 0 aromatic heterocycles. The molecule has 9 heavy (non-hydrogen) atoms. The maximum Gasteiger partial charge on any atom is 0.275 e. The van der Waals surface area contributed by atoms with Crippen molar-refractivity contribution in [3.63, 3.8) is 0 Å². The van der Waals surface area contributed by atoms with Gasteiger partial charge in [0.1, 0.15) is 0 Å². The van der Waals surface area contributed by atoms with Gasteiger partial charge in [-0.1, -0.05) is 12.6 Å². The smallest absolute Gasteiger partial charge is 0.275 e. The van der Waals surface area contributed by atoms with Crippen LogP contribution in [0.3, 0.4) is 0 Å². The fourth-order valence-corrected chi connectivity index (χ4v) is 0.572. The molecule has 0 saturated carbocycles. The highest BCUT2D eigenvalue weighted by Crippen LogP contribution is 1.76. The molecule has 3 nitrogen and oxygen atoms in total. The third-order valence-electron chi connectivity index (χ3n) is 0.880. The second-order valence-electron chi connectivity index (χ2n) is 1.69. The Labute approximate surface area is 60.6 Å². The van der Waals surface area contributed by atoms with Crippen molar-refractivity contribution in [2.45, 2.75) is 6.42 Å². The molecule has 0 saturated heterocycles. The van der Waals surface area contributed by atoms with Gasteiger partial charge in [0.15, 0.2) is 0 Å². The van der Waals surface area contributed by atoms with Crippen LogP contribution >= 0.6 is 12.6 Å². The number of thiol groups is 1. The molecular weight excluding hydrogens is 136 g/mol. The molecule has 1 amide bonds. The van der Waals surface area contributed by atoms with Gasteiger partial charge >= 0.3 is 0 Å². The van der Waals surface area contributed by atoms with Crippen molar-refractivity contribution in [3.8, 4) is 0 Å². The molecule has 0 aliphatic carbocycles. The van der Waals surface area contributed by atoms with Gasteiger partial charge in [0.05, 0.1) is 0 Å². The Balaban J connectivity index is 2.83. The van der Waals surface area contributed by atoms with Crippen molar-refractivity contribution in [2.24, 2.45) is 0 Å². The quantitative estimate of drug-likeness (QED) is 0.395. The normalized spacial score (nSPS) is 9.11. The monoisotopic (exact) mass is 148 g/mol. The maximum atomic E-state index is 10.1. The summed E-state index contributed by atoms with van der Waals surface area (Å²) < 4.78 is 0. The minimum absolute atomic E-state index is 0.258. The first-order valence-electron chi connectivity index (χ1n) is 2.88. The van der Waals surface area contributed by atoms with E-state index in [-0.39, 0.29) is 5.24 Å². The van der Waals surface area contributed by atoms with Crippen molar-refractivity contribution in [2.75, 3.05) is 20.1 Å². The van der Waals surface area contributed by atoms with Crippen LogP contribution in [-0.2, 0) is 0 Å². The first kappa shape index (κ1) is 8.78. The molecule has 0 atom stereocenters. The molecule has 2 N–H and O–H groups in total. The number of nitrogens with one attached hydrogen (secondary N) is 2. The van der Waals surface area contributed by atoms with E-state index in [4.69, 9.17) is 0 Å². The second-order valence-corrected chi connectivity index (χ2v) is 2.10. The number of carbonyl (C=O) groups is 1. The summed E-state index contributed by atoms with van der Waals surface area (Å²) in [6.45, 7) is 1.62. The van der Waals surface area contributed by atoms with Gasteiger partial charge in [0.2, 0.25) is 0 Å². The zero-order valence-electron chi connectivity index (χ0n) is 5.48. The molecule has 0 unspecified atom stereocenters. The van der Waals surface area contributed by atoms with Crippen LogP contribution in [0.2, 0.25) is 0 Å². The largest absolute Gasteiger partial charge is 0.347 e. The van der Waals surface area contributed by atoms with E-state index in [9.17, 15) is 4.79 Å². The minimum atomic E-state index is -0.258. The topological polar surface area (TPSA) is 41.1 Å². The predicted octanol–water partition coefficient (Wildman–Crippen LogP) is 0.235. The van der Waals surface area contributed by atoms with Crippen molar-refractivity contribution < 1.29 is 4.79 Å². The summed E-state index contributed by atoms with van der Waals surface area (Å²) in [5, 5.41) is 5.27. The molecule has 0 heterocycles. The van der Waals surface area contributed by atoms with Gasteiger partial charge in [-0.15, -0.1) is 0 Å². The zero-order valence-corrected chi connectivity index (χ0v) is 6.37. The van der Waals surface area contributed by atoms with E-state index in [1.165, 1.54) is 0 Å². The van der Waals surface area contributed by atoms with E-state index in [0.29, 0.717) is 6.54 Å². The van der Waals surface area contributed by atoms with Gasteiger partial charge in [-0.2, -0.15) is 0 Å². The summed E-state index contributed by atoms with van der Waals surface area (Å²) in [6.07, 6.45) is 0.947. The maximum absolute atomic E-state index is 10.1. The van der Waals surface area contributed by atoms with Gasteiger partial charge in [-0.3, -0.25) is 4.79 Å².